The van der Waals surface area contributed by atoms with E-state index in [-0.39, 0.29) is 0 Å². The standard InChI is InChI=1S/C17H21N3O2S/c1-12(16-4-2-9-23-16)11-19-17(18)20-13-5-6-14-15(10-13)22-8-3-7-21-14/h2,4-6,9-10,12H,3,7-8,11H2,1H3,(H3,18,19,20). The molecule has 3 N–H and O–H groups in total. The van der Waals surface area contributed by atoms with Crippen LogP contribution in [0.3, 0.4) is 0 Å². The monoisotopic (exact) mass is 331 g/mol. The zero-order chi connectivity index (χ0) is 16.1. The van der Waals surface area contributed by atoms with E-state index in [2.05, 4.69) is 34.7 Å². The van der Waals surface area contributed by atoms with Crippen LogP contribution in [-0.4, -0.2) is 25.7 Å². The molecule has 6 heteroatoms. The summed E-state index contributed by atoms with van der Waals surface area (Å²) in [4.78, 5) is 5.74. The Kier molecular flexibility index (Phi) is 5.02. The van der Waals surface area contributed by atoms with Crippen molar-refractivity contribution in [3.63, 3.8) is 0 Å². The molecule has 0 amide bonds. The van der Waals surface area contributed by atoms with Crippen molar-refractivity contribution in [1.82, 2.24) is 0 Å². The molecule has 0 aliphatic carbocycles. The predicted octanol–water partition coefficient (Wildman–Crippen LogP) is 3.44. The lowest BCUT2D eigenvalue weighted by Gasteiger charge is -2.11. The fraction of sp³-hybridized carbons (Fsp3) is 0.353. The molecular weight excluding hydrogens is 310 g/mol. The highest BCUT2D eigenvalue weighted by Crippen LogP contribution is 2.32. The van der Waals surface area contributed by atoms with E-state index < -0.39 is 0 Å². The van der Waals surface area contributed by atoms with Gasteiger partial charge in [0.05, 0.1) is 19.8 Å². The third-order valence-electron chi connectivity index (χ3n) is 3.58. The smallest absolute Gasteiger partial charge is 0.193 e. The number of aliphatic imine (C=N–C) groups is 1. The summed E-state index contributed by atoms with van der Waals surface area (Å²) >= 11 is 1.74. The zero-order valence-electron chi connectivity index (χ0n) is 13.1. The minimum absolute atomic E-state index is 0.360. The first-order chi connectivity index (χ1) is 11.2. The minimum atomic E-state index is 0.360. The van der Waals surface area contributed by atoms with Crippen molar-refractivity contribution < 1.29 is 9.47 Å². The molecule has 122 valence electrons. The number of ether oxygens (including phenoxy) is 2. The lowest BCUT2D eigenvalue weighted by Crippen LogP contribution is -2.23. The average molecular weight is 331 g/mol. The number of nitrogens with one attached hydrogen (secondary N) is 1. The highest BCUT2D eigenvalue weighted by molar-refractivity contribution is 7.10. The van der Waals surface area contributed by atoms with E-state index in [0.29, 0.717) is 31.6 Å². The summed E-state index contributed by atoms with van der Waals surface area (Å²) in [7, 11) is 0. The van der Waals surface area contributed by atoms with Gasteiger partial charge in [-0.25, -0.2) is 0 Å². The van der Waals surface area contributed by atoms with Gasteiger partial charge >= 0.3 is 0 Å². The number of benzene rings is 1. The Morgan fingerprint density at radius 1 is 1.30 bits per heavy atom. The summed E-state index contributed by atoms with van der Waals surface area (Å²) in [6.45, 7) is 4.16. The molecule has 5 nitrogen and oxygen atoms in total. The van der Waals surface area contributed by atoms with Gasteiger partial charge in [0.1, 0.15) is 0 Å². The number of nitrogens with zero attached hydrogens (tertiary/aromatic N) is 1. The number of nitrogens with two attached hydrogens (primary N) is 1. The molecular formula is C17H21N3O2S. The number of hydrogen-bond donors (Lipinski definition) is 2. The first-order valence-electron chi connectivity index (χ1n) is 7.72. The summed E-state index contributed by atoms with van der Waals surface area (Å²) in [6, 6.07) is 9.88. The topological polar surface area (TPSA) is 68.9 Å². The number of thiophene rings is 1. The van der Waals surface area contributed by atoms with Crippen molar-refractivity contribution in [2.24, 2.45) is 10.7 Å². The van der Waals surface area contributed by atoms with Gasteiger partial charge < -0.3 is 20.5 Å². The van der Waals surface area contributed by atoms with E-state index in [1.807, 2.05) is 18.2 Å². The van der Waals surface area contributed by atoms with Gasteiger partial charge in [-0.15, -0.1) is 11.3 Å². The zero-order valence-corrected chi connectivity index (χ0v) is 13.9. The SMILES string of the molecule is CC(CN=C(N)Nc1ccc2c(c1)OCCCO2)c1cccs1. The number of hydrogen-bond acceptors (Lipinski definition) is 4. The molecule has 0 radical (unpaired) electrons. The van der Waals surface area contributed by atoms with Gasteiger partial charge in [0.2, 0.25) is 0 Å². The molecule has 0 spiro atoms. The normalized spacial score (nSPS) is 15.8. The Bertz CT molecular complexity index is 670. The van der Waals surface area contributed by atoms with Crippen LogP contribution >= 0.6 is 11.3 Å². The third kappa shape index (κ3) is 4.16. The van der Waals surface area contributed by atoms with Crippen LogP contribution in [-0.2, 0) is 0 Å². The highest BCUT2D eigenvalue weighted by Gasteiger charge is 2.11. The molecule has 1 aromatic heterocycles. The number of rotatable bonds is 4. The maximum atomic E-state index is 5.98. The molecule has 1 unspecified atom stereocenters. The molecule has 1 aliphatic rings. The van der Waals surface area contributed by atoms with Gasteiger partial charge in [-0.3, -0.25) is 4.99 Å². The predicted molar refractivity (Wildman–Crippen MR) is 94.9 cm³/mol. The summed E-state index contributed by atoms with van der Waals surface area (Å²) in [5, 5.41) is 5.19. The molecule has 1 atom stereocenters. The summed E-state index contributed by atoms with van der Waals surface area (Å²) in [6.07, 6.45) is 0.891. The molecule has 23 heavy (non-hydrogen) atoms. The van der Waals surface area contributed by atoms with Crippen LogP contribution in [0.15, 0.2) is 40.7 Å². The van der Waals surface area contributed by atoms with E-state index in [9.17, 15) is 0 Å². The third-order valence-corrected chi connectivity index (χ3v) is 4.69. The van der Waals surface area contributed by atoms with Crippen molar-refractivity contribution in [3.8, 4) is 11.5 Å². The van der Waals surface area contributed by atoms with Crippen LogP contribution in [0.1, 0.15) is 24.1 Å². The van der Waals surface area contributed by atoms with Crippen LogP contribution < -0.4 is 20.5 Å². The summed E-state index contributed by atoms with van der Waals surface area (Å²) in [5.74, 6) is 2.28. The van der Waals surface area contributed by atoms with Crippen LogP contribution in [0.2, 0.25) is 0 Å². The maximum Gasteiger partial charge on any atom is 0.193 e. The Morgan fingerprint density at radius 3 is 2.91 bits per heavy atom. The van der Waals surface area contributed by atoms with Crippen molar-refractivity contribution >= 4 is 23.0 Å². The number of guanidine groups is 1. The largest absolute Gasteiger partial charge is 0.490 e. The molecule has 0 saturated heterocycles. The molecule has 1 aromatic carbocycles. The van der Waals surface area contributed by atoms with Crippen LogP contribution in [0, 0.1) is 0 Å². The highest BCUT2D eigenvalue weighted by atomic mass is 32.1. The van der Waals surface area contributed by atoms with Crippen LogP contribution in [0.25, 0.3) is 0 Å². The first-order valence-corrected chi connectivity index (χ1v) is 8.60. The van der Waals surface area contributed by atoms with Gasteiger partial charge in [-0.2, -0.15) is 0 Å². The molecule has 0 saturated carbocycles. The Labute approximate surface area is 140 Å². The Morgan fingerprint density at radius 2 is 2.13 bits per heavy atom. The second-order valence-corrected chi connectivity index (χ2v) is 6.46. The Hall–Kier alpha value is -2.21. The van der Waals surface area contributed by atoms with E-state index in [4.69, 9.17) is 15.2 Å². The molecule has 2 heterocycles. The quantitative estimate of drug-likeness (QED) is 0.665. The van der Waals surface area contributed by atoms with E-state index in [1.54, 1.807) is 11.3 Å². The summed E-state index contributed by atoms with van der Waals surface area (Å²) in [5.41, 5.74) is 6.83. The summed E-state index contributed by atoms with van der Waals surface area (Å²) < 4.78 is 11.3. The van der Waals surface area contributed by atoms with E-state index in [0.717, 1.165) is 23.6 Å². The molecule has 0 bridgehead atoms. The minimum Gasteiger partial charge on any atom is -0.490 e. The van der Waals surface area contributed by atoms with E-state index in [1.165, 1.54) is 4.88 Å². The molecule has 0 fully saturated rings. The molecule has 1 aliphatic heterocycles. The van der Waals surface area contributed by atoms with Crippen molar-refractivity contribution in [1.29, 1.82) is 0 Å². The first kappa shape index (κ1) is 15.7. The second-order valence-electron chi connectivity index (χ2n) is 5.48. The van der Waals surface area contributed by atoms with Gasteiger partial charge in [-0.1, -0.05) is 13.0 Å². The fourth-order valence-corrected chi connectivity index (χ4v) is 3.10. The average Bonchev–Trinajstić information content (AvgIpc) is 2.99. The van der Waals surface area contributed by atoms with Crippen molar-refractivity contribution in [2.75, 3.05) is 25.1 Å². The van der Waals surface area contributed by atoms with Crippen molar-refractivity contribution in [3.05, 3.63) is 40.6 Å². The number of anilines is 1. The van der Waals surface area contributed by atoms with Gasteiger partial charge in [0, 0.05) is 29.0 Å². The van der Waals surface area contributed by atoms with Gasteiger partial charge in [0.15, 0.2) is 17.5 Å². The fourth-order valence-electron chi connectivity index (χ4n) is 2.33. The van der Waals surface area contributed by atoms with Crippen LogP contribution in [0.5, 0.6) is 11.5 Å². The van der Waals surface area contributed by atoms with Gasteiger partial charge in [-0.05, 0) is 23.6 Å². The van der Waals surface area contributed by atoms with Crippen molar-refractivity contribution in [2.45, 2.75) is 19.3 Å². The van der Waals surface area contributed by atoms with E-state index >= 15 is 0 Å². The Balaban J connectivity index is 1.62. The second kappa shape index (κ2) is 7.37. The molecule has 3 rings (SSSR count). The number of fused-ring (bicyclic) bond motifs is 1. The molecule has 2 aromatic rings. The van der Waals surface area contributed by atoms with Crippen LogP contribution in [0.4, 0.5) is 5.69 Å². The lowest BCUT2D eigenvalue weighted by molar-refractivity contribution is 0.297. The lowest BCUT2D eigenvalue weighted by atomic mass is 10.1. The van der Waals surface area contributed by atoms with Gasteiger partial charge in [0.25, 0.3) is 0 Å². The maximum absolute atomic E-state index is 5.98.